The Labute approximate surface area is 121 Å². The Bertz CT molecular complexity index is 572. The Hall–Kier alpha value is -1.20. The molecule has 4 nitrogen and oxygen atoms in total. The highest BCUT2D eigenvalue weighted by atomic mass is 32.2. The van der Waals surface area contributed by atoms with E-state index in [4.69, 9.17) is 0 Å². The van der Waals surface area contributed by atoms with Gasteiger partial charge in [-0.05, 0) is 30.4 Å². The number of rotatable bonds is 6. The highest BCUT2D eigenvalue weighted by Crippen LogP contribution is 2.25. The van der Waals surface area contributed by atoms with E-state index >= 15 is 0 Å². The molecule has 0 heterocycles. The van der Waals surface area contributed by atoms with Crippen LogP contribution in [0, 0.1) is 11.3 Å². The summed E-state index contributed by atoms with van der Waals surface area (Å²) in [5.41, 5.74) is 0.387. The van der Waals surface area contributed by atoms with Crippen LogP contribution in [-0.2, 0) is 10.0 Å². The summed E-state index contributed by atoms with van der Waals surface area (Å²) in [5, 5.41) is 0. The monoisotopic (exact) mass is 297 g/mol. The zero-order chi connectivity index (χ0) is 15.6. The van der Waals surface area contributed by atoms with E-state index in [0.717, 1.165) is 0 Å². The molecule has 0 fully saturated rings. The molecule has 0 radical (unpaired) electrons. The fraction of sp³-hybridized carbons (Fsp3) is 0.533. The first-order chi connectivity index (χ1) is 9.06. The number of Topliss-reactive ketones (excluding diaryl/α,β-unsaturated/α-hetero) is 1. The van der Waals surface area contributed by atoms with Crippen LogP contribution in [0.25, 0.3) is 0 Å². The lowest BCUT2D eigenvalue weighted by Gasteiger charge is -2.29. The molecule has 0 aliphatic carbocycles. The molecule has 1 aromatic rings. The topological polar surface area (TPSA) is 63.2 Å². The Balaban J connectivity index is 2.87. The van der Waals surface area contributed by atoms with E-state index < -0.39 is 10.0 Å². The minimum atomic E-state index is -3.53. The molecule has 1 aromatic carbocycles. The molecule has 0 spiro atoms. The van der Waals surface area contributed by atoms with Gasteiger partial charge in [0, 0.05) is 12.1 Å². The van der Waals surface area contributed by atoms with Crippen LogP contribution in [0.4, 0.5) is 0 Å². The fourth-order valence-corrected chi connectivity index (χ4v) is 2.66. The number of hydrogen-bond acceptors (Lipinski definition) is 3. The van der Waals surface area contributed by atoms with Crippen LogP contribution in [-0.4, -0.2) is 20.7 Å². The molecular formula is C15H23NO3S. The highest BCUT2D eigenvalue weighted by Gasteiger charge is 2.25. The quantitative estimate of drug-likeness (QED) is 0.821. The number of benzene rings is 1. The van der Waals surface area contributed by atoms with Crippen LogP contribution in [0.15, 0.2) is 29.2 Å². The van der Waals surface area contributed by atoms with Gasteiger partial charge < -0.3 is 0 Å². The van der Waals surface area contributed by atoms with Crippen molar-refractivity contribution in [3.63, 3.8) is 0 Å². The van der Waals surface area contributed by atoms with Crippen LogP contribution in [0.3, 0.4) is 0 Å². The summed E-state index contributed by atoms with van der Waals surface area (Å²) in [6, 6.07) is 5.98. The molecule has 0 atom stereocenters. The molecule has 1 rings (SSSR count). The van der Waals surface area contributed by atoms with Gasteiger partial charge in [0.05, 0.1) is 4.90 Å². The molecule has 0 aromatic heterocycles. The molecule has 0 unspecified atom stereocenters. The van der Waals surface area contributed by atoms with Crippen LogP contribution in [0.2, 0.25) is 0 Å². The van der Waals surface area contributed by atoms with Gasteiger partial charge in [-0.1, -0.05) is 39.8 Å². The Morgan fingerprint density at radius 1 is 1.20 bits per heavy atom. The molecule has 5 heteroatoms. The lowest BCUT2D eigenvalue weighted by molar-refractivity contribution is 0.101. The number of carbonyl (C=O) groups is 1. The number of hydrogen-bond donors (Lipinski definition) is 1. The molecule has 112 valence electrons. The number of nitrogens with one attached hydrogen (secondary N) is 1. The van der Waals surface area contributed by atoms with Gasteiger partial charge in [0.25, 0.3) is 0 Å². The number of sulfonamides is 1. The Morgan fingerprint density at radius 3 is 2.10 bits per heavy atom. The smallest absolute Gasteiger partial charge is 0.240 e. The summed E-state index contributed by atoms with van der Waals surface area (Å²) in [6.45, 7) is 10.0. The maximum atomic E-state index is 12.2. The van der Waals surface area contributed by atoms with Crippen molar-refractivity contribution < 1.29 is 13.2 Å². The van der Waals surface area contributed by atoms with Crippen molar-refractivity contribution in [3.8, 4) is 0 Å². The van der Waals surface area contributed by atoms with E-state index in [0.29, 0.717) is 18.0 Å². The first-order valence-corrected chi connectivity index (χ1v) is 8.15. The zero-order valence-electron chi connectivity index (χ0n) is 12.7. The molecule has 0 aliphatic rings. The van der Waals surface area contributed by atoms with E-state index in [1.54, 1.807) is 0 Å². The summed E-state index contributed by atoms with van der Waals surface area (Å²) >= 11 is 0. The van der Waals surface area contributed by atoms with Crippen molar-refractivity contribution in [2.45, 2.75) is 39.5 Å². The van der Waals surface area contributed by atoms with E-state index in [-0.39, 0.29) is 16.1 Å². The third-order valence-electron chi connectivity index (χ3n) is 3.85. The normalized spacial score (nSPS) is 12.7. The average Bonchev–Trinajstić information content (AvgIpc) is 2.36. The van der Waals surface area contributed by atoms with Crippen LogP contribution < -0.4 is 4.72 Å². The van der Waals surface area contributed by atoms with E-state index in [1.165, 1.54) is 31.2 Å². The second kappa shape index (κ2) is 6.06. The number of carbonyl (C=O) groups excluding carboxylic acids is 1. The third kappa shape index (κ3) is 4.15. The standard InChI is InChI=1S/C15H23NO3S/c1-11(2)15(4,5)10-16-20(18,19)14-8-6-13(7-9-14)12(3)17/h6-9,11,16H,10H2,1-5H3. The summed E-state index contributed by atoms with van der Waals surface area (Å²) < 4.78 is 27.0. The molecule has 0 amide bonds. The first-order valence-electron chi connectivity index (χ1n) is 6.67. The second-order valence-electron chi connectivity index (χ2n) is 6.05. The molecule has 0 bridgehead atoms. The van der Waals surface area contributed by atoms with Gasteiger partial charge in [-0.25, -0.2) is 13.1 Å². The molecule has 0 saturated heterocycles. The zero-order valence-corrected chi connectivity index (χ0v) is 13.5. The lowest BCUT2D eigenvalue weighted by Crippen LogP contribution is -2.36. The Morgan fingerprint density at radius 2 is 1.70 bits per heavy atom. The highest BCUT2D eigenvalue weighted by molar-refractivity contribution is 7.89. The SMILES string of the molecule is CC(=O)c1ccc(S(=O)(=O)NCC(C)(C)C(C)C)cc1. The predicted octanol–water partition coefficient (Wildman–Crippen LogP) is 2.85. The summed E-state index contributed by atoms with van der Waals surface area (Å²) in [4.78, 5) is 11.4. The van der Waals surface area contributed by atoms with Gasteiger partial charge in [-0.15, -0.1) is 0 Å². The van der Waals surface area contributed by atoms with Gasteiger partial charge >= 0.3 is 0 Å². The van der Waals surface area contributed by atoms with Crippen molar-refractivity contribution in [1.82, 2.24) is 4.72 Å². The molecule has 0 saturated carbocycles. The van der Waals surface area contributed by atoms with Gasteiger partial charge in [0.2, 0.25) is 10.0 Å². The average molecular weight is 297 g/mol. The summed E-state index contributed by atoms with van der Waals surface area (Å²) in [7, 11) is -3.53. The van der Waals surface area contributed by atoms with Crippen LogP contribution >= 0.6 is 0 Å². The lowest BCUT2D eigenvalue weighted by atomic mass is 9.81. The largest absolute Gasteiger partial charge is 0.295 e. The number of ketones is 1. The molecule has 20 heavy (non-hydrogen) atoms. The minimum absolute atomic E-state index is 0.0807. The van der Waals surface area contributed by atoms with Crippen molar-refractivity contribution in [1.29, 1.82) is 0 Å². The summed E-state index contributed by atoms with van der Waals surface area (Å²) in [6.07, 6.45) is 0. The van der Waals surface area contributed by atoms with Gasteiger partial charge in [-0.3, -0.25) is 4.79 Å². The summed E-state index contributed by atoms with van der Waals surface area (Å²) in [5.74, 6) is 0.285. The molecular weight excluding hydrogens is 274 g/mol. The van der Waals surface area contributed by atoms with E-state index in [1.807, 2.05) is 13.8 Å². The maximum absolute atomic E-state index is 12.2. The molecule has 1 N–H and O–H groups in total. The van der Waals surface area contributed by atoms with Crippen molar-refractivity contribution in [2.24, 2.45) is 11.3 Å². The van der Waals surface area contributed by atoms with Crippen molar-refractivity contribution >= 4 is 15.8 Å². The van der Waals surface area contributed by atoms with Crippen LogP contribution in [0.5, 0.6) is 0 Å². The van der Waals surface area contributed by atoms with E-state index in [9.17, 15) is 13.2 Å². The van der Waals surface area contributed by atoms with Crippen molar-refractivity contribution in [3.05, 3.63) is 29.8 Å². The van der Waals surface area contributed by atoms with E-state index in [2.05, 4.69) is 18.6 Å². The first kappa shape index (κ1) is 16.9. The van der Waals surface area contributed by atoms with Gasteiger partial charge in [0.1, 0.15) is 0 Å². The van der Waals surface area contributed by atoms with Crippen LogP contribution in [0.1, 0.15) is 45.0 Å². The molecule has 0 aliphatic heterocycles. The minimum Gasteiger partial charge on any atom is -0.295 e. The maximum Gasteiger partial charge on any atom is 0.240 e. The fourth-order valence-electron chi connectivity index (χ4n) is 1.44. The third-order valence-corrected chi connectivity index (χ3v) is 5.27. The Kier molecular flexibility index (Phi) is 5.10. The van der Waals surface area contributed by atoms with Gasteiger partial charge in [0.15, 0.2) is 5.78 Å². The van der Waals surface area contributed by atoms with Crippen molar-refractivity contribution in [2.75, 3.05) is 6.54 Å². The predicted molar refractivity (Wildman–Crippen MR) is 80.3 cm³/mol. The second-order valence-corrected chi connectivity index (χ2v) is 7.82. The van der Waals surface area contributed by atoms with Gasteiger partial charge in [-0.2, -0.15) is 0 Å².